The summed E-state index contributed by atoms with van der Waals surface area (Å²) in [4.78, 5) is 53.5. The molecule has 12 nitrogen and oxygen atoms in total. The van der Waals surface area contributed by atoms with Crippen LogP contribution in [0.1, 0.15) is 29.9 Å². The molecule has 4 heterocycles. The quantitative estimate of drug-likeness (QED) is 0.444. The zero-order valence-electron chi connectivity index (χ0n) is 20.7. The van der Waals surface area contributed by atoms with Crippen LogP contribution in [0.2, 0.25) is 0 Å². The topological polar surface area (TPSA) is 136 Å². The highest BCUT2D eigenvalue weighted by molar-refractivity contribution is 7.16. The van der Waals surface area contributed by atoms with Crippen LogP contribution in [0.4, 0.5) is 15.8 Å². The number of ether oxygens (including phenoxy) is 1. The van der Waals surface area contributed by atoms with E-state index in [0.717, 1.165) is 36.9 Å². The van der Waals surface area contributed by atoms with E-state index in [1.165, 1.54) is 0 Å². The van der Waals surface area contributed by atoms with Gasteiger partial charge in [-0.15, -0.1) is 11.3 Å². The van der Waals surface area contributed by atoms with Crippen LogP contribution in [0.5, 0.6) is 0 Å². The number of carbonyl (C=O) groups excluding carboxylic acids is 3. The summed E-state index contributed by atoms with van der Waals surface area (Å²) in [7, 11) is -0.217. The molecule has 2 aromatic heterocycles. The van der Waals surface area contributed by atoms with Crippen molar-refractivity contribution in [1.29, 1.82) is 0 Å². The molecule has 1 aromatic carbocycles. The van der Waals surface area contributed by atoms with Crippen molar-refractivity contribution < 1.29 is 42.6 Å². The molecule has 38 heavy (non-hydrogen) atoms. The number of benzene rings is 1. The van der Waals surface area contributed by atoms with Gasteiger partial charge in [0.1, 0.15) is 16.2 Å². The van der Waals surface area contributed by atoms with Gasteiger partial charge in [-0.25, -0.2) is 9.18 Å². The number of thiazole rings is 1. The Morgan fingerprint density at radius 1 is 1.21 bits per heavy atom. The number of halogens is 1. The third-order valence-electron chi connectivity index (χ3n) is 6.28. The fourth-order valence-electron chi connectivity index (χ4n) is 4.82. The first-order valence-electron chi connectivity index (χ1n) is 11.7. The van der Waals surface area contributed by atoms with E-state index in [9.17, 15) is 24.3 Å². The molecule has 1 fully saturated rings. The highest BCUT2D eigenvalue weighted by Crippen LogP contribution is 2.43. The Morgan fingerprint density at radius 3 is 2.58 bits per heavy atom. The summed E-state index contributed by atoms with van der Waals surface area (Å²) in [5, 5.41) is 11.3. The van der Waals surface area contributed by atoms with E-state index in [-0.39, 0.29) is 29.1 Å². The molecule has 1 saturated heterocycles. The first kappa shape index (κ1) is 25.9. The molecule has 0 spiro atoms. The third kappa shape index (κ3) is 4.35. The molecule has 1 N–H and O–H groups in total. The maximum atomic E-state index is 15.8. The summed E-state index contributed by atoms with van der Waals surface area (Å²) < 4.78 is 37.5. The van der Waals surface area contributed by atoms with Gasteiger partial charge in [-0.1, -0.05) is 0 Å². The number of hydrogen-bond acceptors (Lipinski definition) is 12. The van der Waals surface area contributed by atoms with Crippen LogP contribution in [-0.2, 0) is 34.8 Å². The first-order chi connectivity index (χ1) is 18.1. The second-order valence-electron chi connectivity index (χ2n) is 8.91. The van der Waals surface area contributed by atoms with Crippen molar-refractivity contribution in [3.05, 3.63) is 38.7 Å². The van der Waals surface area contributed by atoms with E-state index in [1.54, 1.807) is 21.7 Å². The molecule has 0 bridgehead atoms. The molecule has 2 aliphatic heterocycles. The Labute approximate surface area is 219 Å². The van der Waals surface area contributed by atoms with Crippen molar-refractivity contribution in [2.24, 2.45) is 0 Å². The van der Waals surface area contributed by atoms with E-state index in [1.807, 2.05) is 4.90 Å². The Hall–Kier alpha value is -3.69. The predicted molar refractivity (Wildman–Crippen MR) is 135 cm³/mol. The number of nitrogens with zero attached hydrogens (tertiary/aromatic N) is 3. The van der Waals surface area contributed by atoms with Crippen LogP contribution in [0.3, 0.4) is 0 Å². The van der Waals surface area contributed by atoms with Crippen molar-refractivity contribution >= 4 is 63.7 Å². The smallest absolute Gasteiger partial charge is 0.462 e. The number of morpholine rings is 1. The molecule has 0 amide bonds. The SMILES string of the molecule is CC(=O)OB(OC(C)=O)OC(=O)c1c(=O)c2cc(F)c(N3CCOC(CO)C3)c3c2n2c(csc12)CN3C. The fourth-order valence-corrected chi connectivity index (χ4v) is 5.85. The minimum absolute atomic E-state index is 0.0552. The van der Waals surface area contributed by atoms with Crippen LogP contribution in [-0.4, -0.2) is 74.2 Å². The van der Waals surface area contributed by atoms with Crippen molar-refractivity contribution in [3.63, 3.8) is 0 Å². The average molecular weight is 547 g/mol. The fraction of sp³-hybridized carbons (Fsp3) is 0.391. The van der Waals surface area contributed by atoms with Crippen molar-refractivity contribution in [1.82, 2.24) is 4.40 Å². The highest BCUT2D eigenvalue weighted by atomic mass is 32.1. The molecule has 5 rings (SSSR count). The van der Waals surface area contributed by atoms with Gasteiger partial charge in [0.15, 0.2) is 0 Å². The number of rotatable bonds is 6. The number of anilines is 2. The molecular weight excluding hydrogens is 524 g/mol. The number of carbonyl (C=O) groups is 3. The van der Waals surface area contributed by atoms with Crippen LogP contribution >= 0.6 is 11.3 Å². The van der Waals surface area contributed by atoms with Crippen LogP contribution < -0.4 is 15.2 Å². The van der Waals surface area contributed by atoms with E-state index >= 15 is 4.39 Å². The van der Waals surface area contributed by atoms with E-state index in [0.29, 0.717) is 30.9 Å². The monoisotopic (exact) mass is 547 g/mol. The van der Waals surface area contributed by atoms with Gasteiger partial charge in [0.25, 0.3) is 11.9 Å². The van der Waals surface area contributed by atoms with Gasteiger partial charge >= 0.3 is 13.3 Å². The zero-order valence-corrected chi connectivity index (χ0v) is 21.5. The summed E-state index contributed by atoms with van der Waals surface area (Å²) in [6.45, 7) is 3.12. The van der Waals surface area contributed by atoms with Crippen LogP contribution in [0, 0.1) is 5.82 Å². The molecule has 1 atom stereocenters. The van der Waals surface area contributed by atoms with Crippen molar-refractivity contribution in [3.8, 4) is 0 Å². The van der Waals surface area contributed by atoms with Gasteiger partial charge in [0, 0.05) is 39.4 Å². The van der Waals surface area contributed by atoms with Gasteiger partial charge in [-0.2, -0.15) is 0 Å². The summed E-state index contributed by atoms with van der Waals surface area (Å²) in [6.07, 6.45) is -0.487. The van der Waals surface area contributed by atoms with E-state index < -0.39 is 48.1 Å². The molecule has 0 radical (unpaired) electrons. The Balaban J connectivity index is 1.69. The molecule has 1 unspecified atom stereocenters. The summed E-state index contributed by atoms with van der Waals surface area (Å²) >= 11 is 1.12. The lowest BCUT2D eigenvalue weighted by molar-refractivity contribution is -0.139. The average Bonchev–Trinajstić information content (AvgIpc) is 3.26. The maximum Gasteiger partial charge on any atom is 0.870 e. The standard InChI is InChI=1S/C23H23BFN3O9S/c1-11(30)35-24(36-12(2)31)37-23(33)17-21(32)15-6-16(25)19(27-4-5-34-14(8-27)9-29)20-18(15)28-13(7-26(20)3)10-38-22(17)28/h6,10,14,29H,4-5,7-9H2,1-3H3. The minimum atomic E-state index is -2.00. The molecule has 2 aliphatic rings. The van der Waals surface area contributed by atoms with Crippen molar-refractivity contribution in [2.45, 2.75) is 26.5 Å². The normalized spacial score (nSPS) is 16.7. The van der Waals surface area contributed by atoms with E-state index in [2.05, 4.69) is 0 Å². The van der Waals surface area contributed by atoms with Crippen LogP contribution in [0.15, 0.2) is 16.2 Å². The number of aliphatic hydroxyl groups excluding tert-OH is 1. The summed E-state index contributed by atoms with van der Waals surface area (Å²) in [5.74, 6) is -3.64. The lowest BCUT2D eigenvalue weighted by Crippen LogP contribution is -2.45. The molecule has 15 heteroatoms. The van der Waals surface area contributed by atoms with Gasteiger partial charge in [0.05, 0.1) is 53.8 Å². The first-order valence-corrected chi connectivity index (χ1v) is 12.5. The Bertz CT molecular complexity index is 1520. The zero-order chi connectivity index (χ0) is 27.3. The Morgan fingerprint density at radius 2 is 1.92 bits per heavy atom. The molecule has 3 aromatic rings. The second kappa shape index (κ2) is 9.89. The molecular formula is C23H23BFN3O9S. The number of pyridine rings is 1. The minimum Gasteiger partial charge on any atom is -0.462 e. The van der Waals surface area contributed by atoms with Gasteiger partial charge in [-0.05, 0) is 6.07 Å². The van der Waals surface area contributed by atoms with Gasteiger partial charge < -0.3 is 33.6 Å². The summed E-state index contributed by atoms with van der Waals surface area (Å²) in [6, 6.07) is 1.08. The van der Waals surface area contributed by atoms with Crippen molar-refractivity contribution in [2.75, 3.05) is 43.2 Å². The number of hydrogen-bond donors (Lipinski definition) is 1. The molecule has 0 saturated carbocycles. The van der Waals surface area contributed by atoms with Gasteiger partial charge in [0.2, 0.25) is 5.43 Å². The maximum absolute atomic E-state index is 15.8. The Kier molecular flexibility index (Phi) is 6.75. The lowest BCUT2D eigenvalue weighted by Gasteiger charge is -2.38. The van der Waals surface area contributed by atoms with Crippen LogP contribution in [0.25, 0.3) is 15.7 Å². The van der Waals surface area contributed by atoms with E-state index in [4.69, 9.17) is 18.7 Å². The number of aromatic nitrogens is 1. The largest absolute Gasteiger partial charge is 0.870 e. The lowest BCUT2D eigenvalue weighted by atomic mass is 10.0. The van der Waals surface area contributed by atoms with Gasteiger partial charge in [-0.3, -0.25) is 18.8 Å². The molecule has 0 aliphatic carbocycles. The second-order valence-corrected chi connectivity index (χ2v) is 9.77. The predicted octanol–water partition coefficient (Wildman–Crippen LogP) is 1.07. The highest BCUT2D eigenvalue weighted by Gasteiger charge is 2.38. The summed E-state index contributed by atoms with van der Waals surface area (Å²) in [5.41, 5.74) is 0.711. The third-order valence-corrected chi connectivity index (χ3v) is 7.28. The number of aliphatic hydroxyl groups is 1. The molecule has 200 valence electrons.